The summed E-state index contributed by atoms with van der Waals surface area (Å²) < 4.78 is 5.46. The molecule has 0 N–H and O–H groups in total. The predicted molar refractivity (Wildman–Crippen MR) is 97.3 cm³/mol. The number of hydrogen-bond donors (Lipinski definition) is 0. The lowest BCUT2D eigenvalue weighted by atomic mass is 9.86. The van der Waals surface area contributed by atoms with Gasteiger partial charge in [-0.25, -0.2) is 4.79 Å². The fourth-order valence-electron chi connectivity index (χ4n) is 2.17. The standard InChI is InChI=1S/C20H31NO3/c1-8-20(5,6)24-18(23)21(7)17(14-22)13-15-9-11-16(12-10-15)19(2,3)4/h9-12,14,17H,8,13H2,1-7H3. The molecule has 0 saturated heterocycles. The first kappa shape index (κ1) is 20.2. The highest BCUT2D eigenvalue weighted by molar-refractivity contribution is 5.73. The number of carbonyl (C=O) groups excluding carboxylic acids is 2. The Bertz CT molecular complexity index is 555. The Balaban J connectivity index is 2.79. The van der Waals surface area contributed by atoms with Crippen LogP contribution in [0.5, 0.6) is 0 Å². The molecule has 1 rings (SSSR count). The number of rotatable bonds is 6. The number of nitrogens with zero attached hydrogens (tertiary/aromatic N) is 1. The summed E-state index contributed by atoms with van der Waals surface area (Å²) in [6.07, 6.45) is 1.53. The van der Waals surface area contributed by atoms with Gasteiger partial charge in [0.15, 0.2) is 0 Å². The quantitative estimate of drug-likeness (QED) is 0.727. The van der Waals surface area contributed by atoms with Crippen LogP contribution in [0.4, 0.5) is 4.79 Å². The number of ether oxygens (including phenoxy) is 1. The van der Waals surface area contributed by atoms with Gasteiger partial charge in [-0.3, -0.25) is 0 Å². The van der Waals surface area contributed by atoms with Crippen molar-refractivity contribution in [2.75, 3.05) is 7.05 Å². The van der Waals surface area contributed by atoms with Crippen LogP contribution >= 0.6 is 0 Å². The van der Waals surface area contributed by atoms with Gasteiger partial charge >= 0.3 is 6.09 Å². The van der Waals surface area contributed by atoms with Gasteiger partial charge in [-0.05, 0) is 43.2 Å². The van der Waals surface area contributed by atoms with E-state index in [1.54, 1.807) is 7.05 Å². The van der Waals surface area contributed by atoms with Crippen LogP contribution in [0.25, 0.3) is 0 Å². The lowest BCUT2D eigenvalue weighted by molar-refractivity contribution is -0.112. The van der Waals surface area contributed by atoms with Gasteiger partial charge in [0, 0.05) is 7.05 Å². The van der Waals surface area contributed by atoms with E-state index in [9.17, 15) is 9.59 Å². The molecule has 1 amide bonds. The molecule has 4 nitrogen and oxygen atoms in total. The highest BCUT2D eigenvalue weighted by atomic mass is 16.6. The number of benzene rings is 1. The topological polar surface area (TPSA) is 46.6 Å². The van der Waals surface area contributed by atoms with E-state index in [0.29, 0.717) is 12.8 Å². The van der Waals surface area contributed by atoms with E-state index < -0.39 is 17.7 Å². The van der Waals surface area contributed by atoms with Gasteiger partial charge in [0.05, 0.1) is 6.04 Å². The normalized spacial score (nSPS) is 13.3. The molecule has 0 fully saturated rings. The molecular formula is C20H31NO3. The smallest absolute Gasteiger partial charge is 0.410 e. The van der Waals surface area contributed by atoms with Crippen LogP contribution in [0.3, 0.4) is 0 Å². The number of amides is 1. The van der Waals surface area contributed by atoms with E-state index >= 15 is 0 Å². The largest absolute Gasteiger partial charge is 0.443 e. The molecule has 0 radical (unpaired) electrons. The zero-order valence-corrected chi connectivity index (χ0v) is 16.1. The lowest BCUT2D eigenvalue weighted by Crippen LogP contribution is -2.43. The van der Waals surface area contributed by atoms with Gasteiger partial charge in [0.25, 0.3) is 0 Å². The Morgan fingerprint density at radius 1 is 1.17 bits per heavy atom. The first-order valence-corrected chi connectivity index (χ1v) is 8.50. The fraction of sp³-hybridized carbons (Fsp3) is 0.600. The van der Waals surface area contributed by atoms with E-state index in [1.165, 1.54) is 10.5 Å². The summed E-state index contributed by atoms with van der Waals surface area (Å²) in [5.41, 5.74) is 1.82. The Morgan fingerprint density at radius 2 is 1.71 bits per heavy atom. The predicted octanol–water partition coefficient (Wildman–Crippen LogP) is 4.35. The van der Waals surface area contributed by atoms with Crippen molar-refractivity contribution in [3.8, 4) is 0 Å². The first-order valence-electron chi connectivity index (χ1n) is 8.50. The molecule has 0 aliphatic carbocycles. The maximum absolute atomic E-state index is 12.2. The second-order valence-electron chi connectivity index (χ2n) is 7.95. The molecule has 0 aliphatic heterocycles. The van der Waals surface area contributed by atoms with Gasteiger partial charge in [0.2, 0.25) is 0 Å². The monoisotopic (exact) mass is 333 g/mol. The van der Waals surface area contributed by atoms with Crippen molar-refractivity contribution in [2.24, 2.45) is 0 Å². The van der Waals surface area contributed by atoms with Gasteiger partial charge < -0.3 is 14.4 Å². The maximum atomic E-state index is 12.2. The highest BCUT2D eigenvalue weighted by Crippen LogP contribution is 2.23. The van der Waals surface area contributed by atoms with Gasteiger partial charge in [-0.1, -0.05) is 52.0 Å². The fourth-order valence-corrected chi connectivity index (χ4v) is 2.17. The summed E-state index contributed by atoms with van der Waals surface area (Å²) in [5.74, 6) is 0. The number of hydrogen-bond acceptors (Lipinski definition) is 3. The Labute approximate surface area is 146 Å². The molecule has 0 heterocycles. The van der Waals surface area contributed by atoms with Gasteiger partial charge in [0.1, 0.15) is 11.9 Å². The second kappa shape index (κ2) is 7.82. The van der Waals surface area contributed by atoms with Crippen molar-refractivity contribution in [3.63, 3.8) is 0 Å². The van der Waals surface area contributed by atoms with Crippen LogP contribution in [0.2, 0.25) is 0 Å². The SMILES string of the molecule is CCC(C)(C)OC(=O)N(C)C(C=O)Cc1ccc(C(C)(C)C)cc1. The van der Waals surface area contributed by atoms with Crippen molar-refractivity contribution >= 4 is 12.4 Å². The minimum atomic E-state index is -0.536. The third-order valence-corrected chi connectivity index (χ3v) is 4.42. The van der Waals surface area contributed by atoms with Crippen LogP contribution in [0, 0.1) is 0 Å². The molecular weight excluding hydrogens is 302 g/mol. The summed E-state index contributed by atoms with van der Waals surface area (Å²) in [5, 5.41) is 0. The number of carbonyl (C=O) groups is 2. The molecule has 0 saturated carbocycles. The first-order chi connectivity index (χ1) is 11.0. The summed E-state index contributed by atoms with van der Waals surface area (Å²) in [6, 6.07) is 7.66. The Morgan fingerprint density at radius 3 is 2.12 bits per heavy atom. The van der Waals surface area contributed by atoms with Crippen molar-refractivity contribution < 1.29 is 14.3 Å². The van der Waals surface area contributed by atoms with E-state index in [2.05, 4.69) is 32.9 Å². The van der Waals surface area contributed by atoms with E-state index in [4.69, 9.17) is 4.74 Å². The van der Waals surface area contributed by atoms with E-state index in [1.807, 2.05) is 32.9 Å². The third-order valence-electron chi connectivity index (χ3n) is 4.42. The van der Waals surface area contributed by atoms with Crippen LogP contribution in [-0.2, 0) is 21.4 Å². The van der Waals surface area contributed by atoms with Gasteiger partial charge in [-0.2, -0.15) is 0 Å². The molecule has 1 aromatic carbocycles. The number of aldehydes is 1. The molecule has 1 aromatic rings. The Hall–Kier alpha value is -1.84. The minimum absolute atomic E-state index is 0.0922. The van der Waals surface area contributed by atoms with Crippen molar-refractivity contribution in [1.29, 1.82) is 0 Å². The molecule has 24 heavy (non-hydrogen) atoms. The lowest BCUT2D eigenvalue weighted by Gasteiger charge is -2.29. The Kier molecular flexibility index (Phi) is 6.58. The van der Waals surface area contributed by atoms with Crippen molar-refractivity contribution in [3.05, 3.63) is 35.4 Å². The molecule has 0 aromatic heterocycles. The van der Waals surface area contributed by atoms with Gasteiger partial charge in [-0.15, -0.1) is 0 Å². The molecule has 134 valence electrons. The molecule has 0 spiro atoms. The number of likely N-dealkylation sites (N-methyl/N-ethyl adjacent to an activating group) is 1. The summed E-state index contributed by atoms with van der Waals surface area (Å²) in [7, 11) is 1.61. The zero-order chi connectivity index (χ0) is 18.5. The summed E-state index contributed by atoms with van der Waals surface area (Å²) in [4.78, 5) is 25.1. The molecule has 4 heteroatoms. The summed E-state index contributed by atoms with van der Waals surface area (Å²) in [6.45, 7) is 12.2. The van der Waals surface area contributed by atoms with Crippen LogP contribution in [0.15, 0.2) is 24.3 Å². The average molecular weight is 333 g/mol. The molecule has 0 bridgehead atoms. The third kappa shape index (κ3) is 5.66. The average Bonchev–Trinajstić information content (AvgIpc) is 2.51. The highest BCUT2D eigenvalue weighted by Gasteiger charge is 2.27. The second-order valence-corrected chi connectivity index (χ2v) is 7.95. The van der Waals surface area contributed by atoms with Crippen LogP contribution in [0.1, 0.15) is 59.1 Å². The zero-order valence-electron chi connectivity index (χ0n) is 16.1. The van der Waals surface area contributed by atoms with Crippen molar-refractivity contribution in [2.45, 2.75) is 71.4 Å². The molecule has 1 atom stereocenters. The summed E-state index contributed by atoms with van der Waals surface area (Å²) >= 11 is 0. The molecule has 1 unspecified atom stereocenters. The molecule has 0 aliphatic rings. The minimum Gasteiger partial charge on any atom is -0.443 e. The maximum Gasteiger partial charge on any atom is 0.410 e. The van der Waals surface area contributed by atoms with Crippen LogP contribution < -0.4 is 0 Å². The van der Waals surface area contributed by atoms with E-state index in [-0.39, 0.29) is 5.41 Å². The van der Waals surface area contributed by atoms with Crippen molar-refractivity contribution in [1.82, 2.24) is 4.90 Å². The van der Waals surface area contributed by atoms with Crippen LogP contribution in [-0.4, -0.2) is 36.0 Å². The van der Waals surface area contributed by atoms with E-state index in [0.717, 1.165) is 11.8 Å².